The van der Waals surface area contributed by atoms with E-state index in [1.54, 1.807) is 13.3 Å². The van der Waals surface area contributed by atoms with E-state index in [0.29, 0.717) is 6.54 Å². The van der Waals surface area contributed by atoms with Crippen LogP contribution in [-0.2, 0) is 6.54 Å². The first-order valence-electron chi connectivity index (χ1n) is 6.48. The number of methoxy groups -OCH3 is 1. The Kier molecular flexibility index (Phi) is 3.29. The van der Waals surface area contributed by atoms with Crippen molar-refractivity contribution in [1.29, 1.82) is 0 Å². The molecule has 0 spiro atoms. The molecular formula is C16H16N2O2. The highest BCUT2D eigenvalue weighted by molar-refractivity contribution is 5.88. The normalized spacial score (nSPS) is 10.7. The van der Waals surface area contributed by atoms with Gasteiger partial charge in [0, 0.05) is 12.7 Å². The lowest BCUT2D eigenvalue weighted by Crippen LogP contribution is -2.01. The second kappa shape index (κ2) is 5.25. The molecule has 1 aromatic carbocycles. The molecule has 0 aliphatic carbocycles. The summed E-state index contributed by atoms with van der Waals surface area (Å²) in [6.07, 6.45) is 1.75. The third kappa shape index (κ3) is 2.45. The SMILES string of the molecule is COc1ccc(CNc2nccc3oc(C)cc23)cc1. The number of pyridine rings is 1. The van der Waals surface area contributed by atoms with Crippen LogP contribution in [0.1, 0.15) is 11.3 Å². The molecule has 102 valence electrons. The first kappa shape index (κ1) is 12.5. The van der Waals surface area contributed by atoms with Crippen molar-refractivity contribution in [2.24, 2.45) is 0 Å². The summed E-state index contributed by atoms with van der Waals surface area (Å²) < 4.78 is 10.7. The van der Waals surface area contributed by atoms with Gasteiger partial charge >= 0.3 is 0 Å². The van der Waals surface area contributed by atoms with Crippen LogP contribution >= 0.6 is 0 Å². The second-order valence-corrected chi connectivity index (χ2v) is 4.63. The predicted octanol–water partition coefficient (Wildman–Crippen LogP) is 3.76. The minimum Gasteiger partial charge on any atom is -0.497 e. The molecule has 1 N–H and O–H groups in total. The monoisotopic (exact) mass is 268 g/mol. The standard InChI is InChI=1S/C16H16N2O2/c1-11-9-14-15(20-11)7-8-17-16(14)18-10-12-3-5-13(19-2)6-4-12/h3-9H,10H2,1-2H3,(H,17,18). The highest BCUT2D eigenvalue weighted by Gasteiger charge is 2.06. The van der Waals surface area contributed by atoms with Gasteiger partial charge in [0.15, 0.2) is 0 Å². The Morgan fingerprint density at radius 3 is 2.75 bits per heavy atom. The molecule has 0 fully saturated rings. The molecule has 0 amide bonds. The molecule has 20 heavy (non-hydrogen) atoms. The van der Waals surface area contributed by atoms with E-state index in [0.717, 1.165) is 28.3 Å². The van der Waals surface area contributed by atoms with Gasteiger partial charge in [-0.1, -0.05) is 12.1 Å². The molecule has 2 aromatic heterocycles. The lowest BCUT2D eigenvalue weighted by Gasteiger charge is -2.07. The lowest BCUT2D eigenvalue weighted by atomic mass is 10.2. The van der Waals surface area contributed by atoms with Gasteiger partial charge < -0.3 is 14.5 Å². The maximum atomic E-state index is 5.59. The number of nitrogens with one attached hydrogen (secondary N) is 1. The number of nitrogens with zero attached hydrogens (tertiary/aromatic N) is 1. The van der Waals surface area contributed by atoms with Crippen LogP contribution in [0, 0.1) is 6.92 Å². The van der Waals surface area contributed by atoms with E-state index in [9.17, 15) is 0 Å². The Balaban J connectivity index is 1.79. The predicted molar refractivity (Wildman–Crippen MR) is 79.1 cm³/mol. The molecule has 0 atom stereocenters. The molecule has 4 nitrogen and oxygen atoms in total. The van der Waals surface area contributed by atoms with E-state index in [2.05, 4.69) is 10.3 Å². The molecule has 4 heteroatoms. The number of benzene rings is 1. The van der Waals surface area contributed by atoms with Crippen LogP contribution in [0.2, 0.25) is 0 Å². The van der Waals surface area contributed by atoms with Crippen LogP contribution in [0.25, 0.3) is 11.0 Å². The van der Waals surface area contributed by atoms with Crippen molar-refractivity contribution in [2.45, 2.75) is 13.5 Å². The van der Waals surface area contributed by atoms with E-state index < -0.39 is 0 Å². The molecule has 0 bridgehead atoms. The van der Waals surface area contributed by atoms with Crippen molar-refractivity contribution in [1.82, 2.24) is 4.98 Å². The summed E-state index contributed by atoms with van der Waals surface area (Å²) in [7, 11) is 1.67. The Morgan fingerprint density at radius 1 is 1.20 bits per heavy atom. The number of rotatable bonds is 4. The largest absolute Gasteiger partial charge is 0.497 e. The van der Waals surface area contributed by atoms with E-state index in [-0.39, 0.29) is 0 Å². The highest BCUT2D eigenvalue weighted by atomic mass is 16.5. The fourth-order valence-corrected chi connectivity index (χ4v) is 2.16. The van der Waals surface area contributed by atoms with Gasteiger partial charge in [-0.3, -0.25) is 0 Å². The number of aryl methyl sites for hydroxylation is 1. The number of ether oxygens (including phenoxy) is 1. The van der Waals surface area contributed by atoms with Crippen LogP contribution in [0.3, 0.4) is 0 Å². The number of hydrogen-bond acceptors (Lipinski definition) is 4. The Hall–Kier alpha value is -2.49. The van der Waals surface area contributed by atoms with Crippen LogP contribution in [0.15, 0.2) is 47.0 Å². The zero-order valence-corrected chi connectivity index (χ0v) is 11.5. The van der Waals surface area contributed by atoms with Gasteiger partial charge in [-0.15, -0.1) is 0 Å². The van der Waals surface area contributed by atoms with Crippen molar-refractivity contribution < 1.29 is 9.15 Å². The second-order valence-electron chi connectivity index (χ2n) is 4.63. The summed E-state index contributed by atoms with van der Waals surface area (Å²) in [4.78, 5) is 4.37. The van der Waals surface area contributed by atoms with E-state index in [1.807, 2.05) is 43.3 Å². The number of fused-ring (bicyclic) bond motifs is 1. The maximum absolute atomic E-state index is 5.59. The molecule has 0 unspecified atom stereocenters. The van der Waals surface area contributed by atoms with E-state index >= 15 is 0 Å². The number of furan rings is 1. The van der Waals surface area contributed by atoms with Crippen LogP contribution in [0.5, 0.6) is 5.75 Å². The van der Waals surface area contributed by atoms with E-state index in [4.69, 9.17) is 9.15 Å². The quantitative estimate of drug-likeness (QED) is 0.782. The van der Waals surface area contributed by atoms with Gasteiger partial charge in [0.25, 0.3) is 0 Å². The molecule has 0 saturated carbocycles. The van der Waals surface area contributed by atoms with Crippen LogP contribution < -0.4 is 10.1 Å². The molecule has 2 heterocycles. The summed E-state index contributed by atoms with van der Waals surface area (Å²) in [5, 5.41) is 4.36. The van der Waals surface area contributed by atoms with E-state index in [1.165, 1.54) is 5.56 Å². The van der Waals surface area contributed by atoms with Crippen LogP contribution in [0.4, 0.5) is 5.82 Å². The van der Waals surface area contributed by atoms with Crippen molar-refractivity contribution in [3.8, 4) is 5.75 Å². The Labute approximate surface area is 117 Å². The highest BCUT2D eigenvalue weighted by Crippen LogP contribution is 2.24. The Morgan fingerprint density at radius 2 is 2.00 bits per heavy atom. The van der Waals surface area contributed by atoms with Gasteiger partial charge in [-0.2, -0.15) is 0 Å². The molecule has 0 aliphatic rings. The third-order valence-corrected chi connectivity index (χ3v) is 3.19. The molecule has 0 saturated heterocycles. The zero-order chi connectivity index (χ0) is 13.9. The zero-order valence-electron chi connectivity index (χ0n) is 11.5. The third-order valence-electron chi connectivity index (χ3n) is 3.19. The number of anilines is 1. The first-order valence-corrected chi connectivity index (χ1v) is 6.48. The number of hydrogen-bond donors (Lipinski definition) is 1. The smallest absolute Gasteiger partial charge is 0.139 e. The lowest BCUT2D eigenvalue weighted by molar-refractivity contribution is 0.414. The molecular weight excluding hydrogens is 252 g/mol. The van der Waals surface area contributed by atoms with Crippen molar-refractivity contribution >= 4 is 16.8 Å². The molecule has 3 rings (SSSR count). The molecule has 0 radical (unpaired) electrons. The minimum absolute atomic E-state index is 0.709. The fourth-order valence-electron chi connectivity index (χ4n) is 2.16. The number of aromatic nitrogens is 1. The summed E-state index contributed by atoms with van der Waals surface area (Å²) in [6, 6.07) is 11.8. The van der Waals surface area contributed by atoms with Gasteiger partial charge in [0.05, 0.1) is 12.5 Å². The van der Waals surface area contributed by atoms with Gasteiger partial charge in [-0.25, -0.2) is 4.98 Å². The maximum Gasteiger partial charge on any atom is 0.139 e. The van der Waals surface area contributed by atoms with Crippen molar-refractivity contribution in [3.63, 3.8) is 0 Å². The van der Waals surface area contributed by atoms with Gasteiger partial charge in [-0.05, 0) is 36.8 Å². The van der Waals surface area contributed by atoms with Gasteiger partial charge in [0.1, 0.15) is 22.9 Å². The average molecular weight is 268 g/mol. The summed E-state index contributed by atoms with van der Waals surface area (Å²) >= 11 is 0. The summed E-state index contributed by atoms with van der Waals surface area (Å²) in [6.45, 7) is 2.65. The molecule has 3 aromatic rings. The summed E-state index contributed by atoms with van der Waals surface area (Å²) in [5.74, 6) is 2.59. The minimum atomic E-state index is 0.709. The molecule has 0 aliphatic heterocycles. The Bertz CT molecular complexity index is 717. The van der Waals surface area contributed by atoms with Gasteiger partial charge in [0.2, 0.25) is 0 Å². The fraction of sp³-hybridized carbons (Fsp3) is 0.188. The average Bonchev–Trinajstić information content (AvgIpc) is 2.86. The summed E-state index contributed by atoms with van der Waals surface area (Å²) in [5.41, 5.74) is 2.03. The van der Waals surface area contributed by atoms with Crippen molar-refractivity contribution in [2.75, 3.05) is 12.4 Å². The van der Waals surface area contributed by atoms with Crippen LogP contribution in [-0.4, -0.2) is 12.1 Å². The first-order chi connectivity index (χ1) is 9.76. The van der Waals surface area contributed by atoms with Crippen molar-refractivity contribution in [3.05, 3.63) is 53.9 Å². The topological polar surface area (TPSA) is 47.3 Å².